The van der Waals surface area contributed by atoms with Crippen molar-refractivity contribution in [3.63, 3.8) is 0 Å². The van der Waals surface area contributed by atoms with Crippen LogP contribution in [-0.2, 0) is 24.3 Å². The number of hydrogen-bond donors (Lipinski definition) is 1. The second kappa shape index (κ2) is 10.7. The lowest BCUT2D eigenvalue weighted by molar-refractivity contribution is -0.140. The first-order valence-corrected chi connectivity index (χ1v) is 13.3. The average Bonchev–Trinajstić information content (AvgIpc) is 3.13. The van der Waals surface area contributed by atoms with Crippen molar-refractivity contribution >= 4 is 39.1 Å². The van der Waals surface area contributed by atoms with Gasteiger partial charge in [0.15, 0.2) is 0 Å². The van der Waals surface area contributed by atoms with Gasteiger partial charge in [0, 0.05) is 50.9 Å². The molecule has 36 heavy (non-hydrogen) atoms. The summed E-state index contributed by atoms with van der Waals surface area (Å²) in [4.78, 5) is 30.0. The van der Waals surface area contributed by atoms with Crippen LogP contribution in [0, 0.1) is 0 Å². The molecule has 1 N–H and O–H groups in total. The van der Waals surface area contributed by atoms with Crippen LogP contribution < -0.4 is 0 Å². The molecule has 9 nitrogen and oxygen atoms in total. The Labute approximate surface area is 215 Å². The number of morpholine rings is 1. The van der Waals surface area contributed by atoms with E-state index in [-0.39, 0.29) is 28.3 Å². The third-order valence-electron chi connectivity index (χ3n) is 6.39. The lowest BCUT2D eigenvalue weighted by Gasteiger charge is -2.31. The molecule has 1 amide bonds. The van der Waals surface area contributed by atoms with Crippen molar-refractivity contribution in [3.05, 3.63) is 70.3 Å². The van der Waals surface area contributed by atoms with Gasteiger partial charge in [0.2, 0.25) is 10.0 Å². The van der Waals surface area contributed by atoms with Gasteiger partial charge in [-0.2, -0.15) is 0 Å². The van der Waals surface area contributed by atoms with Crippen LogP contribution in [0.15, 0.2) is 59.0 Å². The van der Waals surface area contributed by atoms with Crippen molar-refractivity contribution in [3.8, 4) is 0 Å². The Morgan fingerprint density at radius 1 is 1.03 bits per heavy atom. The third-order valence-corrected chi connectivity index (χ3v) is 8.47. The molecule has 0 bridgehead atoms. The third kappa shape index (κ3) is 5.18. The molecular formula is C25H28ClN3O6S. The minimum atomic E-state index is -3.66. The molecule has 0 radical (unpaired) electrons. The van der Waals surface area contributed by atoms with Crippen LogP contribution in [0.3, 0.4) is 0 Å². The second-order valence-electron chi connectivity index (χ2n) is 8.81. The summed E-state index contributed by atoms with van der Waals surface area (Å²) in [5, 5.41) is 11.7. The Morgan fingerprint density at radius 3 is 2.22 bits per heavy atom. The van der Waals surface area contributed by atoms with Gasteiger partial charge in [0.05, 0.1) is 29.7 Å². The number of aliphatic hydroxyl groups excluding tert-OH is 1. The Morgan fingerprint density at radius 2 is 1.64 bits per heavy atom. The SMILES string of the molecule is CN(C)S(=O)(=O)c1ccc(/C(O)=C2\C(=O)C(=O)N(CCN3CCOCC3)[C@@H]2c2ccc(Cl)cc2)cc1. The predicted octanol–water partition coefficient (Wildman–Crippen LogP) is 2.34. The first-order valence-electron chi connectivity index (χ1n) is 11.5. The number of sulfonamides is 1. The van der Waals surface area contributed by atoms with E-state index >= 15 is 0 Å². The summed E-state index contributed by atoms with van der Waals surface area (Å²) < 4.78 is 31.3. The molecular weight excluding hydrogens is 506 g/mol. The van der Waals surface area contributed by atoms with Crippen LogP contribution >= 0.6 is 11.6 Å². The van der Waals surface area contributed by atoms with Gasteiger partial charge < -0.3 is 14.7 Å². The van der Waals surface area contributed by atoms with E-state index in [9.17, 15) is 23.1 Å². The molecule has 2 fully saturated rings. The minimum Gasteiger partial charge on any atom is -0.507 e. The molecule has 2 heterocycles. The number of Topliss-reactive ketones (excluding diaryl/α,β-unsaturated/α-hetero) is 1. The quantitative estimate of drug-likeness (QED) is 0.331. The topological polar surface area (TPSA) is 107 Å². The zero-order valence-electron chi connectivity index (χ0n) is 20.1. The summed E-state index contributed by atoms with van der Waals surface area (Å²) in [5.74, 6) is -1.85. The molecule has 2 aliphatic heterocycles. The number of nitrogens with zero attached hydrogens (tertiary/aromatic N) is 3. The monoisotopic (exact) mass is 533 g/mol. The molecule has 1 atom stereocenters. The summed E-state index contributed by atoms with van der Waals surface area (Å²) in [6, 6.07) is 11.5. The molecule has 0 aromatic heterocycles. The zero-order valence-corrected chi connectivity index (χ0v) is 21.6. The Balaban J connectivity index is 1.72. The highest BCUT2D eigenvalue weighted by molar-refractivity contribution is 7.89. The summed E-state index contributed by atoms with van der Waals surface area (Å²) >= 11 is 6.06. The van der Waals surface area contributed by atoms with Crippen molar-refractivity contribution in [2.75, 3.05) is 53.5 Å². The number of benzene rings is 2. The van der Waals surface area contributed by atoms with E-state index in [1.165, 1.54) is 43.3 Å². The summed E-state index contributed by atoms with van der Waals surface area (Å²) in [5.41, 5.74) is 0.819. The van der Waals surface area contributed by atoms with Crippen LogP contribution in [0.1, 0.15) is 17.2 Å². The highest BCUT2D eigenvalue weighted by Crippen LogP contribution is 2.39. The van der Waals surface area contributed by atoms with Crippen molar-refractivity contribution in [2.45, 2.75) is 10.9 Å². The molecule has 2 aliphatic rings. The smallest absolute Gasteiger partial charge is 0.295 e. The van der Waals surface area contributed by atoms with E-state index in [0.717, 1.165) is 17.4 Å². The maximum atomic E-state index is 13.2. The highest BCUT2D eigenvalue weighted by Gasteiger charge is 2.46. The molecule has 0 aliphatic carbocycles. The number of ether oxygens (including phenoxy) is 1. The number of ketones is 1. The molecule has 0 unspecified atom stereocenters. The van der Waals surface area contributed by atoms with Crippen LogP contribution in [0.5, 0.6) is 0 Å². The Hall–Kier alpha value is -2.76. The fourth-order valence-electron chi connectivity index (χ4n) is 4.33. The van der Waals surface area contributed by atoms with E-state index in [1.54, 1.807) is 24.3 Å². The standard InChI is InChI=1S/C25H28ClN3O6S/c1-27(2)36(33,34)20-9-5-18(6-10-20)23(30)21-22(17-3-7-19(26)8-4-17)29(25(32)24(21)31)12-11-28-13-15-35-16-14-28/h3-10,22,30H,11-16H2,1-2H3/b23-21+/t22-/m1/s1. The van der Waals surface area contributed by atoms with E-state index in [1.807, 2.05) is 0 Å². The zero-order chi connectivity index (χ0) is 26.0. The van der Waals surface area contributed by atoms with Gasteiger partial charge in [-0.15, -0.1) is 0 Å². The van der Waals surface area contributed by atoms with Gasteiger partial charge in [0.1, 0.15) is 5.76 Å². The molecule has 2 aromatic rings. The number of rotatable bonds is 7. The Bertz CT molecular complexity index is 1270. The molecule has 2 aromatic carbocycles. The molecule has 11 heteroatoms. The lowest BCUT2D eigenvalue weighted by Crippen LogP contribution is -2.42. The summed E-state index contributed by atoms with van der Waals surface area (Å²) in [7, 11) is -0.814. The molecule has 0 spiro atoms. The number of carbonyl (C=O) groups is 2. The molecule has 2 saturated heterocycles. The predicted molar refractivity (Wildman–Crippen MR) is 135 cm³/mol. The largest absolute Gasteiger partial charge is 0.507 e. The van der Waals surface area contributed by atoms with Crippen LogP contribution in [0.4, 0.5) is 0 Å². The van der Waals surface area contributed by atoms with Crippen molar-refractivity contribution in [1.82, 2.24) is 14.1 Å². The van der Waals surface area contributed by atoms with Gasteiger partial charge in [-0.25, -0.2) is 12.7 Å². The number of hydrogen-bond acceptors (Lipinski definition) is 7. The maximum absolute atomic E-state index is 13.2. The number of carbonyl (C=O) groups excluding carboxylic acids is 2. The normalized spacial score (nSPS) is 20.9. The van der Waals surface area contributed by atoms with Crippen LogP contribution in [-0.4, -0.2) is 92.8 Å². The molecule has 192 valence electrons. The lowest BCUT2D eigenvalue weighted by atomic mass is 9.95. The number of amides is 1. The first kappa shape index (κ1) is 26.3. The number of aliphatic hydroxyl groups is 1. The molecule has 4 rings (SSSR count). The highest BCUT2D eigenvalue weighted by atomic mass is 35.5. The van der Waals surface area contributed by atoms with E-state index < -0.39 is 27.8 Å². The fraction of sp³-hybridized carbons (Fsp3) is 0.360. The minimum absolute atomic E-state index is 0.0456. The first-order chi connectivity index (χ1) is 17.1. The maximum Gasteiger partial charge on any atom is 0.295 e. The van der Waals surface area contributed by atoms with E-state index in [4.69, 9.17) is 16.3 Å². The van der Waals surface area contributed by atoms with Crippen molar-refractivity contribution in [2.24, 2.45) is 0 Å². The van der Waals surface area contributed by atoms with Gasteiger partial charge in [-0.3, -0.25) is 14.5 Å². The van der Waals surface area contributed by atoms with E-state index in [2.05, 4.69) is 4.90 Å². The van der Waals surface area contributed by atoms with Crippen LogP contribution in [0.25, 0.3) is 5.76 Å². The van der Waals surface area contributed by atoms with Gasteiger partial charge >= 0.3 is 0 Å². The molecule has 0 saturated carbocycles. The van der Waals surface area contributed by atoms with Crippen molar-refractivity contribution < 1.29 is 27.9 Å². The van der Waals surface area contributed by atoms with Gasteiger partial charge in [-0.05, 0) is 42.0 Å². The second-order valence-corrected chi connectivity index (χ2v) is 11.4. The summed E-state index contributed by atoms with van der Waals surface area (Å²) in [6.45, 7) is 3.53. The van der Waals surface area contributed by atoms with Crippen molar-refractivity contribution in [1.29, 1.82) is 0 Å². The van der Waals surface area contributed by atoms with E-state index in [0.29, 0.717) is 30.3 Å². The fourth-order valence-corrected chi connectivity index (χ4v) is 5.35. The van der Waals surface area contributed by atoms with Gasteiger partial charge in [-0.1, -0.05) is 23.7 Å². The average molecular weight is 534 g/mol. The van der Waals surface area contributed by atoms with Crippen LogP contribution in [0.2, 0.25) is 5.02 Å². The Kier molecular flexibility index (Phi) is 7.82. The number of likely N-dealkylation sites (tertiary alicyclic amines) is 1. The van der Waals surface area contributed by atoms with Gasteiger partial charge in [0.25, 0.3) is 11.7 Å². The summed E-state index contributed by atoms with van der Waals surface area (Å²) in [6.07, 6.45) is 0. The number of halogens is 1.